The molecule has 0 saturated carbocycles. The van der Waals surface area contributed by atoms with Gasteiger partial charge in [0.15, 0.2) is 0 Å². The Bertz CT molecular complexity index is 336. The number of epoxide rings is 1. The number of ether oxygens (including phenoxy) is 2. The molecule has 0 radical (unpaired) electrons. The fraction of sp³-hybridized carbons (Fsp3) is 0.444. The Labute approximate surface area is 81.6 Å². The van der Waals surface area contributed by atoms with Gasteiger partial charge in [-0.05, 0) is 19.1 Å². The lowest BCUT2D eigenvalue weighted by Crippen LogP contribution is -2.06. The van der Waals surface area contributed by atoms with Crippen LogP contribution < -0.4 is 4.74 Å². The summed E-state index contributed by atoms with van der Waals surface area (Å²) in [5.41, 5.74) is 0.738. The molecule has 13 heavy (non-hydrogen) atoms. The number of aromatic nitrogens is 1. The summed E-state index contributed by atoms with van der Waals surface area (Å²) in [6.45, 7) is 2.72. The van der Waals surface area contributed by atoms with Crippen molar-refractivity contribution in [2.45, 2.75) is 12.5 Å². The highest BCUT2D eigenvalue weighted by molar-refractivity contribution is 6.29. The lowest BCUT2D eigenvalue weighted by Gasteiger charge is -2.09. The molecular formula is C9H10ClNO2. The Hall–Kier alpha value is -0.800. The van der Waals surface area contributed by atoms with E-state index in [1.54, 1.807) is 13.2 Å². The number of halogens is 1. The van der Waals surface area contributed by atoms with Crippen LogP contribution in [0.25, 0.3) is 0 Å². The zero-order chi connectivity index (χ0) is 9.47. The van der Waals surface area contributed by atoms with Gasteiger partial charge in [-0.1, -0.05) is 11.6 Å². The minimum Gasteiger partial charge on any atom is -0.481 e. The van der Waals surface area contributed by atoms with Gasteiger partial charge in [-0.25, -0.2) is 4.98 Å². The van der Waals surface area contributed by atoms with Crippen molar-refractivity contribution in [1.82, 2.24) is 4.98 Å². The second kappa shape index (κ2) is 2.86. The monoisotopic (exact) mass is 199 g/mol. The Balaban J connectivity index is 2.45. The van der Waals surface area contributed by atoms with E-state index in [0.717, 1.165) is 5.56 Å². The van der Waals surface area contributed by atoms with Gasteiger partial charge in [0.05, 0.1) is 13.7 Å². The highest BCUT2D eigenvalue weighted by Gasteiger charge is 2.43. The normalized spacial score (nSPS) is 25.8. The van der Waals surface area contributed by atoms with Gasteiger partial charge in [0.2, 0.25) is 5.88 Å². The number of rotatable bonds is 2. The molecular weight excluding hydrogens is 190 g/mol. The summed E-state index contributed by atoms with van der Waals surface area (Å²) in [5, 5.41) is 0.435. The molecule has 1 unspecified atom stereocenters. The van der Waals surface area contributed by atoms with Crippen LogP contribution in [-0.4, -0.2) is 18.7 Å². The van der Waals surface area contributed by atoms with Crippen LogP contribution in [0.1, 0.15) is 12.5 Å². The summed E-state index contributed by atoms with van der Waals surface area (Å²) in [7, 11) is 1.58. The predicted molar refractivity (Wildman–Crippen MR) is 49.1 cm³/mol. The van der Waals surface area contributed by atoms with E-state index in [4.69, 9.17) is 21.1 Å². The van der Waals surface area contributed by atoms with Gasteiger partial charge in [-0.15, -0.1) is 0 Å². The minimum absolute atomic E-state index is 0.219. The maximum absolute atomic E-state index is 5.73. The molecule has 1 aliphatic rings. The van der Waals surface area contributed by atoms with Gasteiger partial charge in [-0.3, -0.25) is 0 Å². The van der Waals surface area contributed by atoms with Crippen molar-refractivity contribution >= 4 is 11.6 Å². The van der Waals surface area contributed by atoms with Crippen molar-refractivity contribution in [3.8, 4) is 5.88 Å². The van der Waals surface area contributed by atoms with Crippen LogP contribution >= 0.6 is 11.6 Å². The molecule has 0 bridgehead atoms. The van der Waals surface area contributed by atoms with Crippen LogP contribution in [0.4, 0.5) is 0 Å². The first kappa shape index (κ1) is 8.78. The summed E-state index contributed by atoms with van der Waals surface area (Å²) in [6, 6.07) is 3.63. The molecule has 70 valence electrons. The summed E-state index contributed by atoms with van der Waals surface area (Å²) < 4.78 is 10.4. The molecule has 0 N–H and O–H groups in total. The Morgan fingerprint density at radius 2 is 2.31 bits per heavy atom. The van der Waals surface area contributed by atoms with Crippen LogP contribution in [0.5, 0.6) is 5.88 Å². The molecule has 1 aromatic heterocycles. The molecule has 0 amide bonds. The molecule has 0 aliphatic carbocycles. The van der Waals surface area contributed by atoms with E-state index >= 15 is 0 Å². The summed E-state index contributed by atoms with van der Waals surface area (Å²) in [6.07, 6.45) is 0. The first-order valence-corrected chi connectivity index (χ1v) is 4.38. The van der Waals surface area contributed by atoms with Gasteiger partial charge in [0, 0.05) is 5.56 Å². The van der Waals surface area contributed by atoms with E-state index in [-0.39, 0.29) is 5.60 Å². The number of methoxy groups -OCH3 is 1. The van der Waals surface area contributed by atoms with E-state index in [0.29, 0.717) is 17.6 Å². The summed E-state index contributed by atoms with van der Waals surface area (Å²) in [5.74, 6) is 0.549. The highest BCUT2D eigenvalue weighted by atomic mass is 35.5. The first-order valence-electron chi connectivity index (χ1n) is 4.01. The topological polar surface area (TPSA) is 34.6 Å². The van der Waals surface area contributed by atoms with Gasteiger partial charge < -0.3 is 9.47 Å². The third-order valence-corrected chi connectivity index (χ3v) is 2.38. The fourth-order valence-electron chi connectivity index (χ4n) is 1.24. The van der Waals surface area contributed by atoms with Crippen molar-refractivity contribution in [3.05, 3.63) is 22.8 Å². The summed E-state index contributed by atoms with van der Waals surface area (Å²) >= 11 is 5.73. The third kappa shape index (κ3) is 1.49. The average molecular weight is 200 g/mol. The van der Waals surface area contributed by atoms with Crippen molar-refractivity contribution in [3.63, 3.8) is 0 Å². The SMILES string of the molecule is COc1nc(Cl)ccc1C1(C)CO1. The lowest BCUT2D eigenvalue weighted by atomic mass is 10.0. The lowest BCUT2D eigenvalue weighted by molar-refractivity contribution is 0.312. The molecule has 1 aromatic rings. The van der Waals surface area contributed by atoms with Crippen LogP contribution in [0.15, 0.2) is 12.1 Å². The zero-order valence-corrected chi connectivity index (χ0v) is 8.26. The molecule has 1 aliphatic heterocycles. The molecule has 0 spiro atoms. The van der Waals surface area contributed by atoms with Crippen LogP contribution in [0.3, 0.4) is 0 Å². The first-order chi connectivity index (χ1) is 6.15. The van der Waals surface area contributed by atoms with E-state index in [1.165, 1.54) is 0 Å². The fourth-order valence-corrected chi connectivity index (χ4v) is 1.38. The molecule has 2 rings (SSSR count). The molecule has 1 fully saturated rings. The molecule has 4 heteroatoms. The van der Waals surface area contributed by atoms with Crippen LogP contribution in [0.2, 0.25) is 5.15 Å². The maximum atomic E-state index is 5.73. The average Bonchev–Trinajstić information content (AvgIpc) is 2.84. The highest BCUT2D eigenvalue weighted by Crippen LogP contribution is 2.42. The Morgan fingerprint density at radius 1 is 1.62 bits per heavy atom. The van der Waals surface area contributed by atoms with Gasteiger partial charge in [0.1, 0.15) is 10.8 Å². The van der Waals surface area contributed by atoms with Gasteiger partial charge in [-0.2, -0.15) is 0 Å². The standard InChI is InChI=1S/C9H10ClNO2/c1-9(5-13-9)6-3-4-7(10)11-8(6)12-2/h3-4H,5H2,1-2H3. The van der Waals surface area contributed by atoms with Crippen molar-refractivity contribution in [2.24, 2.45) is 0 Å². The Kier molecular flexibility index (Phi) is 1.93. The van der Waals surface area contributed by atoms with Gasteiger partial charge in [0.25, 0.3) is 0 Å². The van der Waals surface area contributed by atoms with E-state index < -0.39 is 0 Å². The second-order valence-corrected chi connectivity index (χ2v) is 3.60. The van der Waals surface area contributed by atoms with Crippen LogP contribution in [0, 0.1) is 0 Å². The van der Waals surface area contributed by atoms with Crippen molar-refractivity contribution < 1.29 is 9.47 Å². The molecule has 1 saturated heterocycles. The van der Waals surface area contributed by atoms with E-state index in [1.807, 2.05) is 13.0 Å². The molecule has 0 aromatic carbocycles. The van der Waals surface area contributed by atoms with Crippen molar-refractivity contribution in [1.29, 1.82) is 0 Å². The Morgan fingerprint density at radius 3 is 2.85 bits per heavy atom. The number of hydrogen-bond donors (Lipinski definition) is 0. The van der Waals surface area contributed by atoms with Gasteiger partial charge >= 0.3 is 0 Å². The predicted octanol–water partition coefficient (Wildman–Crippen LogP) is 1.99. The second-order valence-electron chi connectivity index (χ2n) is 3.21. The number of hydrogen-bond acceptors (Lipinski definition) is 3. The largest absolute Gasteiger partial charge is 0.481 e. The number of pyridine rings is 1. The van der Waals surface area contributed by atoms with E-state index in [2.05, 4.69) is 4.98 Å². The zero-order valence-electron chi connectivity index (χ0n) is 7.50. The molecule has 2 heterocycles. The van der Waals surface area contributed by atoms with Crippen molar-refractivity contribution in [2.75, 3.05) is 13.7 Å². The quantitative estimate of drug-likeness (QED) is 0.540. The summed E-state index contributed by atoms with van der Waals surface area (Å²) in [4.78, 5) is 4.06. The minimum atomic E-state index is -0.219. The van der Waals surface area contributed by atoms with Crippen LogP contribution in [-0.2, 0) is 10.3 Å². The maximum Gasteiger partial charge on any atom is 0.220 e. The smallest absolute Gasteiger partial charge is 0.220 e. The third-order valence-electron chi connectivity index (χ3n) is 2.17. The molecule has 1 atom stereocenters. The number of nitrogens with zero attached hydrogens (tertiary/aromatic N) is 1. The molecule has 3 nitrogen and oxygen atoms in total. The van der Waals surface area contributed by atoms with E-state index in [9.17, 15) is 0 Å².